The molecule has 34 heavy (non-hydrogen) atoms. The van der Waals surface area contributed by atoms with Crippen molar-refractivity contribution in [2.75, 3.05) is 37.7 Å². The molecule has 2 aliphatic heterocycles. The summed E-state index contributed by atoms with van der Waals surface area (Å²) < 4.78 is 23.0. The SMILES string of the molecule is Cc1cc(F)c(C2C(C(C)C)CCN2C(N)=O)cc1-c1cc(N2CCOCC2)c2nccn2c1. The highest BCUT2D eigenvalue weighted by Gasteiger charge is 2.40. The number of benzene rings is 1. The summed E-state index contributed by atoms with van der Waals surface area (Å²) in [5.74, 6) is 0.161. The number of morpholine rings is 1. The van der Waals surface area contributed by atoms with Gasteiger partial charge in [0.05, 0.1) is 24.9 Å². The maximum absolute atomic E-state index is 15.4. The molecule has 7 nitrogen and oxygen atoms in total. The van der Waals surface area contributed by atoms with Gasteiger partial charge in [-0.05, 0) is 54.5 Å². The highest BCUT2D eigenvalue weighted by molar-refractivity contribution is 5.79. The number of anilines is 1. The van der Waals surface area contributed by atoms with Crippen LogP contribution in [0.3, 0.4) is 0 Å². The quantitative estimate of drug-likeness (QED) is 0.620. The van der Waals surface area contributed by atoms with Crippen LogP contribution in [0.1, 0.15) is 37.4 Å². The van der Waals surface area contributed by atoms with E-state index in [9.17, 15) is 4.79 Å². The monoisotopic (exact) mass is 465 g/mol. The highest BCUT2D eigenvalue weighted by Crippen LogP contribution is 2.44. The molecule has 2 amide bonds. The van der Waals surface area contributed by atoms with Crippen molar-refractivity contribution in [2.24, 2.45) is 17.6 Å². The predicted octanol–water partition coefficient (Wildman–Crippen LogP) is 4.38. The van der Waals surface area contributed by atoms with E-state index in [-0.39, 0.29) is 17.8 Å². The number of nitrogens with zero attached hydrogens (tertiary/aromatic N) is 4. The Kier molecular flexibility index (Phi) is 5.93. The molecule has 8 heteroatoms. The molecule has 0 radical (unpaired) electrons. The van der Waals surface area contributed by atoms with Crippen LogP contribution >= 0.6 is 0 Å². The number of fused-ring (bicyclic) bond motifs is 1. The maximum atomic E-state index is 15.4. The lowest BCUT2D eigenvalue weighted by Gasteiger charge is -2.31. The van der Waals surface area contributed by atoms with Gasteiger partial charge in [0.2, 0.25) is 0 Å². The molecule has 0 bridgehead atoms. The first-order valence-corrected chi connectivity index (χ1v) is 12.0. The van der Waals surface area contributed by atoms with Gasteiger partial charge in [0.1, 0.15) is 5.82 Å². The van der Waals surface area contributed by atoms with Crippen LogP contribution < -0.4 is 10.6 Å². The number of imidazole rings is 1. The fourth-order valence-electron chi connectivity index (χ4n) is 5.59. The Balaban J connectivity index is 1.64. The van der Waals surface area contributed by atoms with Gasteiger partial charge < -0.3 is 24.7 Å². The zero-order valence-electron chi connectivity index (χ0n) is 20.0. The minimum Gasteiger partial charge on any atom is -0.378 e. The van der Waals surface area contributed by atoms with E-state index in [0.717, 1.165) is 47.5 Å². The van der Waals surface area contributed by atoms with Crippen molar-refractivity contribution >= 4 is 17.4 Å². The third kappa shape index (κ3) is 3.90. The molecular formula is C26H32FN5O2. The second kappa shape index (κ2) is 8.91. The summed E-state index contributed by atoms with van der Waals surface area (Å²) in [5.41, 5.74) is 10.9. The van der Waals surface area contributed by atoms with Crippen molar-refractivity contribution in [2.45, 2.75) is 33.2 Å². The van der Waals surface area contributed by atoms with E-state index in [1.165, 1.54) is 0 Å². The summed E-state index contributed by atoms with van der Waals surface area (Å²) in [7, 11) is 0. The maximum Gasteiger partial charge on any atom is 0.315 e. The van der Waals surface area contributed by atoms with Crippen molar-refractivity contribution in [3.05, 3.63) is 53.7 Å². The van der Waals surface area contributed by atoms with Gasteiger partial charge in [0, 0.05) is 49.4 Å². The zero-order valence-corrected chi connectivity index (χ0v) is 20.0. The molecule has 2 fully saturated rings. The number of primary amides is 1. The Morgan fingerprint density at radius 3 is 2.68 bits per heavy atom. The highest BCUT2D eigenvalue weighted by atomic mass is 19.1. The van der Waals surface area contributed by atoms with Crippen molar-refractivity contribution in [1.82, 2.24) is 14.3 Å². The Bertz CT molecular complexity index is 1220. The molecule has 4 heterocycles. The lowest BCUT2D eigenvalue weighted by molar-refractivity contribution is 0.123. The molecule has 3 aromatic rings. The molecule has 2 saturated heterocycles. The number of carbonyl (C=O) groups excluding carboxylic acids is 1. The molecule has 2 N–H and O–H groups in total. The molecule has 0 saturated carbocycles. The van der Waals surface area contributed by atoms with Gasteiger partial charge in [0.25, 0.3) is 0 Å². The van der Waals surface area contributed by atoms with Gasteiger partial charge in [-0.2, -0.15) is 0 Å². The van der Waals surface area contributed by atoms with Gasteiger partial charge in [0.15, 0.2) is 5.65 Å². The Morgan fingerprint density at radius 1 is 1.21 bits per heavy atom. The van der Waals surface area contributed by atoms with Gasteiger partial charge in [-0.25, -0.2) is 14.2 Å². The molecular weight excluding hydrogens is 433 g/mol. The minimum atomic E-state index is -0.496. The first kappa shape index (κ1) is 22.7. The second-order valence-corrected chi connectivity index (χ2v) is 9.73. The van der Waals surface area contributed by atoms with Gasteiger partial charge >= 0.3 is 6.03 Å². The molecule has 0 aliphatic carbocycles. The van der Waals surface area contributed by atoms with Crippen LogP contribution in [0.5, 0.6) is 0 Å². The number of halogens is 1. The number of ether oxygens (including phenoxy) is 1. The fourth-order valence-corrected chi connectivity index (χ4v) is 5.59. The Hall–Kier alpha value is -3.13. The zero-order chi connectivity index (χ0) is 24.0. The molecule has 2 aliphatic rings. The molecule has 1 aromatic carbocycles. The topological polar surface area (TPSA) is 76.1 Å². The minimum absolute atomic E-state index is 0.151. The normalized spacial score (nSPS) is 21.1. The number of hydrogen-bond acceptors (Lipinski definition) is 4. The molecule has 5 rings (SSSR count). The van der Waals surface area contributed by atoms with Crippen molar-refractivity contribution in [3.8, 4) is 11.1 Å². The average molecular weight is 466 g/mol. The number of amides is 2. The lowest BCUT2D eigenvalue weighted by Crippen LogP contribution is -2.37. The lowest BCUT2D eigenvalue weighted by atomic mass is 9.83. The first-order chi connectivity index (χ1) is 16.3. The van der Waals surface area contributed by atoms with Gasteiger partial charge in [-0.15, -0.1) is 0 Å². The van der Waals surface area contributed by atoms with E-state index >= 15 is 4.39 Å². The van der Waals surface area contributed by atoms with Crippen LogP contribution in [0.2, 0.25) is 0 Å². The number of pyridine rings is 1. The molecule has 0 spiro atoms. The van der Waals surface area contributed by atoms with E-state index in [2.05, 4.69) is 29.8 Å². The second-order valence-electron chi connectivity index (χ2n) is 9.73. The number of carbonyl (C=O) groups is 1. The predicted molar refractivity (Wildman–Crippen MR) is 130 cm³/mol. The third-order valence-corrected chi connectivity index (χ3v) is 7.38. The van der Waals surface area contributed by atoms with Crippen molar-refractivity contribution in [1.29, 1.82) is 0 Å². The molecule has 2 atom stereocenters. The summed E-state index contributed by atoms with van der Waals surface area (Å²) in [6, 6.07) is 4.79. The summed E-state index contributed by atoms with van der Waals surface area (Å²) in [5, 5.41) is 0. The van der Waals surface area contributed by atoms with Crippen LogP contribution in [-0.2, 0) is 4.74 Å². The summed E-state index contributed by atoms with van der Waals surface area (Å²) in [6.07, 6.45) is 6.58. The molecule has 2 aromatic heterocycles. The van der Waals surface area contributed by atoms with Gasteiger partial charge in [-0.3, -0.25) is 0 Å². The van der Waals surface area contributed by atoms with Crippen LogP contribution in [-0.4, -0.2) is 53.2 Å². The Labute approximate surface area is 199 Å². The van der Waals surface area contributed by atoms with Crippen molar-refractivity contribution in [3.63, 3.8) is 0 Å². The van der Waals surface area contributed by atoms with Crippen molar-refractivity contribution < 1.29 is 13.9 Å². The standard InChI is InChI=1S/C26H32FN5O2/c1-16(2)19-4-6-32(26(28)33)24(19)21-14-20(17(3)12-22(21)27)18-13-23(30-8-10-34-11-9-30)25-29-5-7-31(25)15-18/h5,7,12-16,19,24H,4,6,8-11H2,1-3H3,(H2,28,33). The molecule has 2 unspecified atom stereocenters. The number of rotatable bonds is 4. The van der Waals surface area contributed by atoms with Crippen LogP contribution in [0.4, 0.5) is 14.9 Å². The van der Waals surface area contributed by atoms with Crippen LogP contribution in [0.15, 0.2) is 36.8 Å². The number of urea groups is 1. The number of likely N-dealkylation sites (tertiary alicyclic amines) is 1. The smallest absolute Gasteiger partial charge is 0.315 e. The van der Waals surface area contributed by atoms with E-state index in [1.54, 1.807) is 17.2 Å². The van der Waals surface area contributed by atoms with E-state index in [4.69, 9.17) is 10.5 Å². The van der Waals surface area contributed by atoms with E-state index in [0.29, 0.717) is 31.2 Å². The number of aromatic nitrogens is 2. The largest absolute Gasteiger partial charge is 0.378 e. The Morgan fingerprint density at radius 2 is 1.97 bits per heavy atom. The van der Waals surface area contributed by atoms with Crippen LogP contribution in [0, 0.1) is 24.6 Å². The first-order valence-electron chi connectivity index (χ1n) is 12.0. The average Bonchev–Trinajstić information content (AvgIpc) is 3.46. The van der Waals surface area contributed by atoms with Crippen LogP contribution in [0.25, 0.3) is 16.8 Å². The number of nitrogens with two attached hydrogens (primary N) is 1. The fraction of sp³-hybridized carbons (Fsp3) is 0.462. The number of hydrogen-bond donors (Lipinski definition) is 1. The summed E-state index contributed by atoms with van der Waals surface area (Å²) in [4.78, 5) is 20.7. The summed E-state index contributed by atoms with van der Waals surface area (Å²) >= 11 is 0. The third-order valence-electron chi connectivity index (χ3n) is 7.38. The van der Waals surface area contributed by atoms with Gasteiger partial charge in [-0.1, -0.05) is 13.8 Å². The summed E-state index contributed by atoms with van der Waals surface area (Å²) in [6.45, 7) is 9.67. The van der Waals surface area contributed by atoms with E-state index < -0.39 is 6.03 Å². The van der Waals surface area contributed by atoms with E-state index in [1.807, 2.05) is 29.8 Å². The molecule has 180 valence electrons. The number of aryl methyl sites for hydroxylation is 1.